The molecule has 0 saturated carbocycles. The van der Waals surface area contributed by atoms with Crippen LogP contribution in [-0.4, -0.2) is 15.2 Å². The van der Waals surface area contributed by atoms with Crippen LogP contribution in [0.25, 0.3) is 22.7 Å². The highest BCUT2D eigenvalue weighted by atomic mass is 16.5. The van der Waals surface area contributed by atoms with Gasteiger partial charge in [0.1, 0.15) is 0 Å². The maximum absolute atomic E-state index is 12.3. The lowest BCUT2D eigenvalue weighted by molar-refractivity contribution is -0.670. The third-order valence-electron chi connectivity index (χ3n) is 3.88. The van der Waals surface area contributed by atoms with Crippen molar-refractivity contribution in [3.8, 4) is 11.6 Å². The van der Waals surface area contributed by atoms with Crippen molar-refractivity contribution in [1.29, 1.82) is 0 Å². The van der Waals surface area contributed by atoms with E-state index in [1.807, 2.05) is 36.4 Å². The number of rotatable bonds is 4. The van der Waals surface area contributed by atoms with Crippen molar-refractivity contribution in [2.24, 2.45) is 0 Å². The van der Waals surface area contributed by atoms with E-state index < -0.39 is 5.63 Å². The third kappa shape index (κ3) is 3.23. The standard InChI is InChI=1S/C19H14N4O3/c24-18-12-23(22-26-18)14-9-10-16-15(11-14)19(25)21-17(20-16)8-4-7-13-5-2-1-3-6-13/h1-6,8-12H,7H2,(H-,20,21,22,24,25)/b8-4-. The number of fused-ring (bicyclic) bond motifs is 1. The number of benzene rings is 2. The molecule has 128 valence electrons. The van der Waals surface area contributed by atoms with Crippen LogP contribution in [0.15, 0.2) is 70.1 Å². The molecule has 4 rings (SSSR count). The van der Waals surface area contributed by atoms with Crippen LogP contribution >= 0.6 is 0 Å². The Morgan fingerprint density at radius 2 is 2.00 bits per heavy atom. The number of H-pyrrole nitrogens is 1. The highest BCUT2D eigenvalue weighted by Gasteiger charge is 2.12. The SMILES string of the molecule is O=c1c[n+](-c2ccc3nc(/C=C\Cc4ccccc4)nc([O-])c3c2)[nH]o1. The first-order chi connectivity index (χ1) is 12.7. The second-order valence-electron chi connectivity index (χ2n) is 5.69. The Morgan fingerprint density at radius 3 is 2.77 bits per heavy atom. The smallest absolute Gasteiger partial charge is 0.427 e. The molecular weight excluding hydrogens is 332 g/mol. The van der Waals surface area contributed by atoms with Gasteiger partial charge in [-0.25, -0.2) is 14.8 Å². The van der Waals surface area contributed by atoms with Crippen LogP contribution in [0.4, 0.5) is 0 Å². The summed E-state index contributed by atoms with van der Waals surface area (Å²) in [6.07, 6.45) is 5.65. The van der Waals surface area contributed by atoms with E-state index in [2.05, 4.69) is 19.8 Å². The molecule has 2 aromatic heterocycles. The minimum absolute atomic E-state index is 0.371. The van der Waals surface area contributed by atoms with Crippen LogP contribution < -0.4 is 15.4 Å². The maximum Gasteiger partial charge on any atom is 0.427 e. The molecule has 7 nitrogen and oxygen atoms in total. The van der Waals surface area contributed by atoms with Crippen molar-refractivity contribution in [2.45, 2.75) is 6.42 Å². The molecule has 0 bridgehead atoms. The molecule has 26 heavy (non-hydrogen) atoms. The molecule has 0 spiro atoms. The molecule has 0 saturated heterocycles. The molecule has 0 unspecified atom stereocenters. The predicted octanol–water partition coefficient (Wildman–Crippen LogP) is 1.52. The lowest BCUT2D eigenvalue weighted by Crippen LogP contribution is -2.32. The summed E-state index contributed by atoms with van der Waals surface area (Å²) in [5.74, 6) is -0.00166. The average Bonchev–Trinajstić information content (AvgIpc) is 3.09. The van der Waals surface area contributed by atoms with Crippen LogP contribution in [0.5, 0.6) is 5.88 Å². The highest BCUT2D eigenvalue weighted by molar-refractivity contribution is 5.84. The monoisotopic (exact) mass is 346 g/mol. The zero-order chi connectivity index (χ0) is 17.9. The van der Waals surface area contributed by atoms with Gasteiger partial charge in [0.25, 0.3) is 6.20 Å². The van der Waals surface area contributed by atoms with Crippen molar-refractivity contribution in [3.05, 3.63) is 82.6 Å². The Bertz CT molecular complexity index is 1150. The van der Waals surface area contributed by atoms with Gasteiger partial charge in [0.05, 0.1) is 5.52 Å². The van der Waals surface area contributed by atoms with E-state index in [0.717, 1.165) is 6.42 Å². The summed E-state index contributed by atoms with van der Waals surface area (Å²) in [6, 6.07) is 15.0. The minimum atomic E-state index is -0.511. The normalized spacial score (nSPS) is 11.4. The molecule has 2 heterocycles. The Hall–Kier alpha value is -3.74. The topological polar surface area (TPSA) is 98.7 Å². The van der Waals surface area contributed by atoms with Gasteiger partial charge in [-0.3, -0.25) is 4.52 Å². The second kappa shape index (κ2) is 6.64. The quantitative estimate of drug-likeness (QED) is 0.565. The largest absolute Gasteiger partial charge is 0.858 e. The van der Waals surface area contributed by atoms with Gasteiger partial charge in [0.15, 0.2) is 5.82 Å². The van der Waals surface area contributed by atoms with E-state index in [0.29, 0.717) is 22.4 Å². The zero-order valence-corrected chi connectivity index (χ0v) is 13.6. The van der Waals surface area contributed by atoms with Gasteiger partial charge in [-0.1, -0.05) is 36.4 Å². The summed E-state index contributed by atoms with van der Waals surface area (Å²) in [4.78, 5) is 19.5. The van der Waals surface area contributed by atoms with Crippen LogP contribution in [0.3, 0.4) is 0 Å². The van der Waals surface area contributed by atoms with Crippen molar-refractivity contribution < 1.29 is 14.3 Å². The molecule has 0 fully saturated rings. The number of nitrogens with zero attached hydrogens (tertiary/aromatic N) is 3. The number of hydrogen-bond donors (Lipinski definition) is 1. The van der Waals surface area contributed by atoms with Crippen LogP contribution in [0.1, 0.15) is 11.4 Å². The molecule has 0 aliphatic carbocycles. The Morgan fingerprint density at radius 1 is 1.15 bits per heavy atom. The molecule has 0 aliphatic heterocycles. The number of aromatic amines is 1. The highest BCUT2D eigenvalue weighted by Crippen LogP contribution is 2.21. The summed E-state index contributed by atoms with van der Waals surface area (Å²) in [5, 5.41) is 15.1. The number of allylic oxidation sites excluding steroid dienone is 1. The number of nitrogens with one attached hydrogen (secondary N) is 1. The Labute approximate surface area is 147 Å². The van der Waals surface area contributed by atoms with Gasteiger partial charge >= 0.3 is 5.63 Å². The van der Waals surface area contributed by atoms with Crippen molar-refractivity contribution in [2.75, 3.05) is 0 Å². The van der Waals surface area contributed by atoms with E-state index >= 15 is 0 Å². The Kier molecular flexibility index (Phi) is 4.03. The van der Waals surface area contributed by atoms with Crippen molar-refractivity contribution in [3.63, 3.8) is 0 Å². The van der Waals surface area contributed by atoms with Gasteiger partial charge < -0.3 is 5.11 Å². The number of hydrogen-bond acceptors (Lipinski definition) is 5. The van der Waals surface area contributed by atoms with E-state index in [9.17, 15) is 9.90 Å². The third-order valence-corrected chi connectivity index (χ3v) is 3.88. The van der Waals surface area contributed by atoms with Gasteiger partial charge in [-0.2, -0.15) is 0 Å². The molecular formula is C19H14N4O3. The summed E-state index contributed by atoms with van der Waals surface area (Å²) >= 11 is 0. The fourth-order valence-electron chi connectivity index (χ4n) is 2.62. The van der Waals surface area contributed by atoms with E-state index in [1.54, 1.807) is 24.3 Å². The first-order valence-corrected chi connectivity index (χ1v) is 7.99. The van der Waals surface area contributed by atoms with Crippen molar-refractivity contribution >= 4 is 17.0 Å². The van der Waals surface area contributed by atoms with E-state index in [1.165, 1.54) is 16.4 Å². The fourth-order valence-corrected chi connectivity index (χ4v) is 2.62. The van der Waals surface area contributed by atoms with E-state index in [4.69, 9.17) is 0 Å². The van der Waals surface area contributed by atoms with Crippen LogP contribution in [0, 0.1) is 0 Å². The lowest BCUT2D eigenvalue weighted by Gasteiger charge is -2.09. The first-order valence-electron chi connectivity index (χ1n) is 7.99. The van der Waals surface area contributed by atoms with E-state index in [-0.39, 0.29) is 5.88 Å². The maximum atomic E-state index is 12.3. The summed E-state index contributed by atoms with van der Waals surface area (Å²) in [7, 11) is 0. The van der Waals surface area contributed by atoms with Gasteiger partial charge in [0, 0.05) is 17.5 Å². The lowest BCUT2D eigenvalue weighted by atomic mass is 10.1. The zero-order valence-electron chi connectivity index (χ0n) is 13.6. The molecule has 7 heteroatoms. The molecule has 2 aromatic carbocycles. The van der Waals surface area contributed by atoms with Gasteiger partial charge in [0.2, 0.25) is 5.69 Å². The Balaban J connectivity index is 1.63. The molecule has 1 N–H and O–H groups in total. The molecule has 0 aliphatic rings. The van der Waals surface area contributed by atoms with Crippen LogP contribution in [0.2, 0.25) is 0 Å². The molecule has 4 aromatic rings. The second-order valence-corrected chi connectivity index (χ2v) is 5.69. The first kappa shape index (κ1) is 15.8. The molecule has 0 amide bonds. The summed E-state index contributed by atoms with van der Waals surface area (Å²) in [6.45, 7) is 0. The van der Waals surface area contributed by atoms with Gasteiger partial charge in [-0.15, -0.1) is 0 Å². The molecule has 0 radical (unpaired) electrons. The van der Waals surface area contributed by atoms with Gasteiger partial charge in [-0.05, 0) is 40.0 Å². The van der Waals surface area contributed by atoms with Crippen LogP contribution in [-0.2, 0) is 6.42 Å². The summed E-state index contributed by atoms with van der Waals surface area (Å²) < 4.78 is 6.01. The average molecular weight is 346 g/mol. The minimum Gasteiger partial charge on any atom is -0.858 e. The summed E-state index contributed by atoms with van der Waals surface area (Å²) in [5.41, 5.74) is 1.78. The number of aromatic nitrogens is 4. The van der Waals surface area contributed by atoms with Crippen molar-refractivity contribution in [1.82, 2.24) is 15.2 Å². The molecule has 0 atom stereocenters. The fraction of sp³-hybridized carbons (Fsp3) is 0.0526. The predicted molar refractivity (Wildman–Crippen MR) is 92.6 cm³/mol.